The molecular weight excluding hydrogens is 239 g/mol. The van der Waals surface area contributed by atoms with Gasteiger partial charge in [0.05, 0.1) is 19.3 Å². The lowest BCUT2D eigenvalue weighted by Crippen LogP contribution is -2.40. The SMILES string of the molecule is OPOCC1OCC(c2ccccc2)C[C@H]1O. The zero-order chi connectivity index (χ0) is 12.1. The van der Waals surface area contributed by atoms with Crippen LogP contribution in [0.25, 0.3) is 0 Å². The van der Waals surface area contributed by atoms with E-state index in [1.54, 1.807) is 0 Å². The molecular formula is C12H17O4P. The van der Waals surface area contributed by atoms with Gasteiger partial charge in [0.1, 0.15) is 6.10 Å². The van der Waals surface area contributed by atoms with Gasteiger partial charge in [-0.25, -0.2) is 0 Å². The van der Waals surface area contributed by atoms with Crippen molar-refractivity contribution < 1.29 is 19.3 Å². The Morgan fingerprint density at radius 2 is 2.12 bits per heavy atom. The Bertz CT molecular complexity index is 333. The van der Waals surface area contributed by atoms with E-state index in [0.717, 1.165) is 0 Å². The van der Waals surface area contributed by atoms with Gasteiger partial charge in [0, 0.05) is 5.92 Å². The lowest BCUT2D eigenvalue weighted by Gasteiger charge is -2.33. The van der Waals surface area contributed by atoms with Crippen LogP contribution in [0, 0.1) is 0 Å². The van der Waals surface area contributed by atoms with E-state index in [0.29, 0.717) is 13.0 Å². The van der Waals surface area contributed by atoms with Gasteiger partial charge >= 0.3 is 0 Å². The van der Waals surface area contributed by atoms with Crippen molar-refractivity contribution in [1.82, 2.24) is 0 Å². The van der Waals surface area contributed by atoms with Gasteiger partial charge in [0.15, 0.2) is 9.03 Å². The zero-order valence-corrected chi connectivity index (χ0v) is 10.5. The topological polar surface area (TPSA) is 58.9 Å². The third-order valence-electron chi connectivity index (χ3n) is 3.05. The molecule has 1 saturated heterocycles. The maximum atomic E-state index is 9.94. The Morgan fingerprint density at radius 1 is 1.35 bits per heavy atom. The van der Waals surface area contributed by atoms with Crippen molar-refractivity contribution in [3.05, 3.63) is 35.9 Å². The van der Waals surface area contributed by atoms with E-state index in [9.17, 15) is 5.11 Å². The molecule has 1 aromatic rings. The zero-order valence-electron chi connectivity index (χ0n) is 9.45. The average molecular weight is 256 g/mol. The van der Waals surface area contributed by atoms with Crippen LogP contribution in [0.15, 0.2) is 30.3 Å². The molecule has 1 heterocycles. The molecule has 1 aliphatic heterocycles. The summed E-state index contributed by atoms with van der Waals surface area (Å²) in [5.41, 5.74) is 1.19. The molecule has 3 unspecified atom stereocenters. The van der Waals surface area contributed by atoms with Gasteiger partial charge in [-0.3, -0.25) is 0 Å². The van der Waals surface area contributed by atoms with E-state index in [2.05, 4.69) is 0 Å². The van der Waals surface area contributed by atoms with E-state index in [4.69, 9.17) is 14.2 Å². The van der Waals surface area contributed by atoms with Crippen LogP contribution in [-0.4, -0.2) is 35.4 Å². The van der Waals surface area contributed by atoms with E-state index < -0.39 is 15.1 Å². The summed E-state index contributed by atoms with van der Waals surface area (Å²) >= 11 is 0. The van der Waals surface area contributed by atoms with Crippen LogP contribution in [0.5, 0.6) is 0 Å². The van der Waals surface area contributed by atoms with Gasteiger partial charge in [0.2, 0.25) is 0 Å². The normalized spacial score (nSPS) is 29.9. The average Bonchev–Trinajstić information content (AvgIpc) is 2.38. The Labute approximate surface area is 103 Å². The van der Waals surface area contributed by atoms with Crippen molar-refractivity contribution >= 4 is 9.03 Å². The van der Waals surface area contributed by atoms with Crippen LogP contribution in [-0.2, 0) is 9.26 Å². The Morgan fingerprint density at radius 3 is 2.76 bits per heavy atom. The molecule has 0 bridgehead atoms. The fourth-order valence-corrected chi connectivity index (χ4v) is 2.34. The number of rotatable bonds is 4. The maximum Gasteiger partial charge on any atom is 0.152 e. The number of aliphatic hydroxyl groups excluding tert-OH is 1. The van der Waals surface area contributed by atoms with E-state index in [1.165, 1.54) is 5.56 Å². The van der Waals surface area contributed by atoms with E-state index >= 15 is 0 Å². The molecule has 0 aromatic heterocycles. The highest BCUT2D eigenvalue weighted by molar-refractivity contribution is 7.24. The minimum atomic E-state index is -0.553. The summed E-state index contributed by atoms with van der Waals surface area (Å²) < 4.78 is 10.5. The predicted molar refractivity (Wildman–Crippen MR) is 66.0 cm³/mol. The molecule has 94 valence electrons. The number of aliphatic hydroxyl groups is 1. The molecule has 17 heavy (non-hydrogen) atoms. The summed E-state index contributed by atoms with van der Waals surface area (Å²) in [5.74, 6) is 0.235. The van der Waals surface area contributed by atoms with Crippen LogP contribution in [0.4, 0.5) is 0 Å². The van der Waals surface area contributed by atoms with Crippen molar-refractivity contribution in [2.75, 3.05) is 13.2 Å². The Kier molecular flexibility index (Phi) is 4.89. The molecule has 2 rings (SSSR count). The first-order valence-corrected chi connectivity index (χ1v) is 6.52. The smallest absolute Gasteiger partial charge is 0.152 e. The van der Waals surface area contributed by atoms with Gasteiger partial charge in [-0.15, -0.1) is 0 Å². The molecule has 0 spiro atoms. The van der Waals surface area contributed by atoms with Crippen molar-refractivity contribution in [2.24, 2.45) is 0 Å². The molecule has 0 amide bonds. The standard InChI is InChI=1S/C12H17O4P/c13-11-6-10(9-4-2-1-3-5-9)7-15-12(11)8-16-17-14/h1-5,10-14,17H,6-8H2/t10?,11-,12?/m1/s1. The lowest BCUT2D eigenvalue weighted by atomic mass is 9.90. The van der Waals surface area contributed by atoms with Crippen LogP contribution >= 0.6 is 9.03 Å². The summed E-state index contributed by atoms with van der Waals surface area (Å²) in [7, 11) is -0.553. The summed E-state index contributed by atoms with van der Waals surface area (Å²) in [6, 6.07) is 10.1. The second-order valence-corrected chi connectivity index (χ2v) is 4.66. The second-order valence-electron chi connectivity index (χ2n) is 4.18. The van der Waals surface area contributed by atoms with Crippen LogP contribution in [0.1, 0.15) is 17.9 Å². The molecule has 0 radical (unpaired) electrons. The van der Waals surface area contributed by atoms with Crippen LogP contribution < -0.4 is 0 Å². The molecule has 0 aliphatic carbocycles. The first-order valence-electron chi connectivity index (χ1n) is 5.66. The Balaban J connectivity index is 1.91. The minimum Gasteiger partial charge on any atom is -0.390 e. The highest BCUT2D eigenvalue weighted by atomic mass is 31.1. The van der Waals surface area contributed by atoms with Crippen LogP contribution in [0.2, 0.25) is 0 Å². The fraction of sp³-hybridized carbons (Fsp3) is 0.500. The largest absolute Gasteiger partial charge is 0.390 e. The molecule has 0 saturated carbocycles. The highest BCUT2D eigenvalue weighted by Crippen LogP contribution is 2.29. The fourth-order valence-electron chi connectivity index (χ4n) is 2.10. The monoisotopic (exact) mass is 256 g/mol. The van der Waals surface area contributed by atoms with E-state index in [1.807, 2.05) is 30.3 Å². The summed E-state index contributed by atoms with van der Waals surface area (Å²) in [5, 5.41) is 9.94. The first kappa shape index (κ1) is 12.9. The molecule has 1 aromatic carbocycles. The van der Waals surface area contributed by atoms with Gasteiger partial charge in [-0.1, -0.05) is 30.3 Å². The molecule has 4 nitrogen and oxygen atoms in total. The number of hydrogen-bond donors (Lipinski definition) is 2. The highest BCUT2D eigenvalue weighted by Gasteiger charge is 2.30. The van der Waals surface area contributed by atoms with Gasteiger partial charge in [-0.05, 0) is 12.0 Å². The van der Waals surface area contributed by atoms with Crippen molar-refractivity contribution in [3.8, 4) is 0 Å². The van der Waals surface area contributed by atoms with Gasteiger partial charge in [-0.2, -0.15) is 0 Å². The Hall–Kier alpha value is -0.510. The quantitative estimate of drug-likeness (QED) is 0.800. The van der Waals surface area contributed by atoms with Crippen molar-refractivity contribution in [3.63, 3.8) is 0 Å². The predicted octanol–water partition coefficient (Wildman–Crippen LogP) is 1.44. The molecule has 1 fully saturated rings. The maximum absolute atomic E-state index is 9.94. The molecule has 1 aliphatic rings. The lowest BCUT2D eigenvalue weighted by molar-refractivity contribution is -0.0978. The van der Waals surface area contributed by atoms with Crippen molar-refractivity contribution in [2.45, 2.75) is 24.5 Å². The summed E-state index contributed by atoms with van der Waals surface area (Å²) in [6.45, 7) is 0.835. The number of ether oxygens (including phenoxy) is 1. The van der Waals surface area contributed by atoms with Gasteiger partial charge in [0.25, 0.3) is 0 Å². The summed E-state index contributed by atoms with van der Waals surface area (Å²) in [4.78, 5) is 8.58. The van der Waals surface area contributed by atoms with E-state index in [-0.39, 0.29) is 18.6 Å². The van der Waals surface area contributed by atoms with Crippen molar-refractivity contribution in [1.29, 1.82) is 0 Å². The second kappa shape index (κ2) is 6.43. The molecule has 2 N–H and O–H groups in total. The molecule has 5 heteroatoms. The number of hydrogen-bond acceptors (Lipinski definition) is 4. The third kappa shape index (κ3) is 3.47. The third-order valence-corrected chi connectivity index (χ3v) is 3.35. The van der Waals surface area contributed by atoms with Crippen LogP contribution in [0.3, 0.4) is 0 Å². The minimum absolute atomic E-state index is 0.235. The summed E-state index contributed by atoms with van der Waals surface area (Å²) in [6.07, 6.45) is -0.188. The number of benzene rings is 1. The molecule has 4 atom stereocenters. The van der Waals surface area contributed by atoms with Gasteiger partial charge < -0.3 is 19.3 Å². The first-order chi connectivity index (χ1) is 8.31.